The van der Waals surface area contributed by atoms with Gasteiger partial charge >= 0.3 is 5.91 Å². The second-order valence-electron chi connectivity index (χ2n) is 7.19. The Labute approximate surface area is 156 Å². The first-order valence-electron chi connectivity index (χ1n) is 8.98. The fourth-order valence-corrected chi connectivity index (χ4v) is 3.36. The molecule has 0 radical (unpaired) electrons. The molecule has 0 saturated carbocycles. The molecule has 7 nitrogen and oxygen atoms in total. The fourth-order valence-electron chi connectivity index (χ4n) is 3.36. The number of rotatable bonds is 5. The van der Waals surface area contributed by atoms with Crippen LogP contribution in [0.1, 0.15) is 49.2 Å². The van der Waals surface area contributed by atoms with Gasteiger partial charge in [-0.1, -0.05) is 20.8 Å². The Hall–Kier alpha value is -2.96. The molecular formula is C20H22N2O5. The van der Waals surface area contributed by atoms with Crippen LogP contribution in [-0.2, 0) is 6.42 Å². The molecule has 142 valence electrons. The van der Waals surface area contributed by atoms with E-state index in [1.165, 1.54) is 12.3 Å². The van der Waals surface area contributed by atoms with Gasteiger partial charge in [0.1, 0.15) is 5.56 Å². The number of phenols is 1. The van der Waals surface area contributed by atoms with Crippen molar-refractivity contribution >= 4 is 5.91 Å². The van der Waals surface area contributed by atoms with E-state index in [0.717, 1.165) is 12.0 Å². The first kappa shape index (κ1) is 18.8. The molecule has 2 aromatic rings. The van der Waals surface area contributed by atoms with Crippen LogP contribution in [0.4, 0.5) is 0 Å². The summed E-state index contributed by atoms with van der Waals surface area (Å²) in [4.78, 5) is 34.5. The van der Waals surface area contributed by atoms with Crippen molar-refractivity contribution in [2.45, 2.75) is 39.7 Å². The molecule has 2 heterocycles. The van der Waals surface area contributed by atoms with Crippen LogP contribution in [0.2, 0.25) is 0 Å². The van der Waals surface area contributed by atoms with E-state index in [1.807, 2.05) is 31.4 Å². The number of benzene rings is 1. The molecule has 1 aliphatic rings. The maximum Gasteiger partial charge on any atom is 0.322 e. The number of ether oxygens (including phenoxy) is 1. The van der Waals surface area contributed by atoms with Gasteiger partial charge in [0.25, 0.3) is 0 Å². The lowest BCUT2D eigenvalue weighted by atomic mass is 9.90. The summed E-state index contributed by atoms with van der Waals surface area (Å²) in [5.41, 5.74) is 1.47. The Kier molecular flexibility index (Phi) is 5.12. The SMILES string of the molecule is CC[C@H]1Cc2cc(OCC(C)C)c(O)cc2-c2cc(=O)c(C(=O)N=O)cn21. The molecule has 0 aliphatic carbocycles. The summed E-state index contributed by atoms with van der Waals surface area (Å²) < 4.78 is 7.52. The van der Waals surface area contributed by atoms with E-state index in [2.05, 4.69) is 5.18 Å². The lowest BCUT2D eigenvalue weighted by molar-refractivity contribution is 0.0999. The number of fused-ring (bicyclic) bond motifs is 3. The van der Waals surface area contributed by atoms with Crippen LogP contribution in [0.3, 0.4) is 0 Å². The summed E-state index contributed by atoms with van der Waals surface area (Å²) in [7, 11) is 0. The predicted octanol–water partition coefficient (Wildman–Crippen LogP) is 3.67. The average molecular weight is 370 g/mol. The molecule has 27 heavy (non-hydrogen) atoms. The predicted molar refractivity (Wildman–Crippen MR) is 101 cm³/mol. The Morgan fingerprint density at radius 3 is 2.74 bits per heavy atom. The molecule has 1 N–H and O–H groups in total. The standard InChI is InChI=1S/C20H22N2O5/c1-4-13-5-12-6-19(27-10-11(2)3)18(24)7-14(12)16-8-17(23)15(9-22(13)16)20(25)21-26/h6-9,11,13,24H,4-5,10H2,1-3H3/t13-/m0/s1. The molecule has 0 spiro atoms. The normalized spacial score (nSPS) is 15.2. The minimum atomic E-state index is -1.07. The number of carbonyl (C=O) groups excluding carboxylic acids is 1. The minimum Gasteiger partial charge on any atom is -0.504 e. The molecule has 1 aromatic heterocycles. The molecular weight excluding hydrogens is 348 g/mol. The maximum atomic E-state index is 12.3. The van der Waals surface area contributed by atoms with E-state index < -0.39 is 11.3 Å². The van der Waals surface area contributed by atoms with Crippen molar-refractivity contribution in [1.29, 1.82) is 0 Å². The number of hydrogen-bond donors (Lipinski definition) is 1. The first-order chi connectivity index (χ1) is 12.8. The van der Waals surface area contributed by atoms with Crippen molar-refractivity contribution < 1.29 is 14.6 Å². The number of pyridine rings is 1. The number of amides is 1. The van der Waals surface area contributed by atoms with Crippen LogP contribution in [0, 0.1) is 10.8 Å². The van der Waals surface area contributed by atoms with Crippen molar-refractivity contribution in [3.05, 3.63) is 50.7 Å². The van der Waals surface area contributed by atoms with Gasteiger partial charge < -0.3 is 14.4 Å². The van der Waals surface area contributed by atoms with Crippen molar-refractivity contribution in [3.8, 4) is 22.8 Å². The molecule has 0 fully saturated rings. The number of nitrogens with zero attached hydrogens (tertiary/aromatic N) is 2. The monoisotopic (exact) mass is 370 g/mol. The summed E-state index contributed by atoms with van der Waals surface area (Å²) in [6.45, 7) is 6.55. The Bertz CT molecular complexity index is 962. The molecule has 3 rings (SSSR count). The quantitative estimate of drug-likeness (QED) is 0.810. The Balaban J connectivity index is 2.14. The van der Waals surface area contributed by atoms with Gasteiger partial charge in [-0.25, -0.2) is 0 Å². The summed E-state index contributed by atoms with van der Waals surface area (Å²) in [6, 6.07) is 4.73. The van der Waals surface area contributed by atoms with Gasteiger partial charge in [-0.15, -0.1) is 4.91 Å². The third kappa shape index (κ3) is 3.49. The summed E-state index contributed by atoms with van der Waals surface area (Å²) in [5.74, 6) is -0.329. The van der Waals surface area contributed by atoms with Crippen LogP contribution < -0.4 is 10.2 Å². The lowest BCUT2D eigenvalue weighted by Crippen LogP contribution is -2.25. The zero-order chi connectivity index (χ0) is 19.7. The number of nitroso groups, excluding NO2 is 1. The minimum absolute atomic E-state index is 0.00180. The van der Waals surface area contributed by atoms with Crippen LogP contribution in [-0.4, -0.2) is 22.2 Å². The van der Waals surface area contributed by atoms with Crippen LogP contribution in [0.5, 0.6) is 11.5 Å². The highest BCUT2D eigenvalue weighted by Crippen LogP contribution is 2.41. The van der Waals surface area contributed by atoms with E-state index in [4.69, 9.17) is 4.74 Å². The third-order valence-corrected chi connectivity index (χ3v) is 4.75. The van der Waals surface area contributed by atoms with E-state index in [1.54, 1.807) is 6.07 Å². The van der Waals surface area contributed by atoms with Gasteiger partial charge in [-0.3, -0.25) is 9.59 Å². The topological polar surface area (TPSA) is 98.0 Å². The zero-order valence-electron chi connectivity index (χ0n) is 15.6. The highest BCUT2D eigenvalue weighted by Gasteiger charge is 2.27. The summed E-state index contributed by atoms with van der Waals surface area (Å²) in [5, 5.41) is 12.7. The van der Waals surface area contributed by atoms with Gasteiger partial charge in [0, 0.05) is 29.0 Å². The van der Waals surface area contributed by atoms with Crippen molar-refractivity contribution in [3.63, 3.8) is 0 Å². The highest BCUT2D eigenvalue weighted by molar-refractivity contribution is 5.94. The van der Waals surface area contributed by atoms with Gasteiger partial charge in [0.2, 0.25) is 0 Å². The average Bonchev–Trinajstić information content (AvgIpc) is 2.64. The first-order valence-corrected chi connectivity index (χ1v) is 8.98. The second-order valence-corrected chi connectivity index (χ2v) is 7.19. The fraction of sp³-hybridized carbons (Fsp3) is 0.400. The number of carbonyl (C=O) groups is 1. The number of hydrogen-bond acceptors (Lipinski definition) is 5. The highest BCUT2D eigenvalue weighted by atomic mass is 16.5. The Morgan fingerprint density at radius 1 is 1.37 bits per heavy atom. The van der Waals surface area contributed by atoms with Crippen molar-refractivity contribution in [1.82, 2.24) is 4.57 Å². The van der Waals surface area contributed by atoms with Crippen LogP contribution in [0.25, 0.3) is 11.3 Å². The second kappa shape index (κ2) is 7.34. The molecule has 1 atom stereocenters. The lowest BCUT2D eigenvalue weighted by Gasteiger charge is -2.30. The van der Waals surface area contributed by atoms with Crippen molar-refractivity contribution in [2.24, 2.45) is 11.1 Å². The zero-order valence-corrected chi connectivity index (χ0v) is 15.6. The Morgan fingerprint density at radius 2 is 2.11 bits per heavy atom. The molecule has 1 aliphatic heterocycles. The third-order valence-electron chi connectivity index (χ3n) is 4.75. The molecule has 1 aromatic carbocycles. The largest absolute Gasteiger partial charge is 0.504 e. The van der Waals surface area contributed by atoms with Gasteiger partial charge in [-0.05, 0) is 36.5 Å². The smallest absolute Gasteiger partial charge is 0.322 e. The van der Waals surface area contributed by atoms with Gasteiger partial charge in [0.05, 0.1) is 12.3 Å². The van der Waals surface area contributed by atoms with Crippen LogP contribution in [0.15, 0.2) is 34.4 Å². The van der Waals surface area contributed by atoms with E-state index in [-0.39, 0.29) is 17.4 Å². The maximum absolute atomic E-state index is 12.3. The molecule has 0 bridgehead atoms. The van der Waals surface area contributed by atoms with Gasteiger partial charge in [-0.2, -0.15) is 0 Å². The number of phenolic OH excluding ortho intramolecular Hbond substituents is 1. The molecule has 7 heteroatoms. The van der Waals surface area contributed by atoms with E-state index in [9.17, 15) is 19.6 Å². The summed E-state index contributed by atoms with van der Waals surface area (Å²) in [6.07, 6.45) is 2.82. The summed E-state index contributed by atoms with van der Waals surface area (Å²) >= 11 is 0. The van der Waals surface area contributed by atoms with Gasteiger partial charge in [0.15, 0.2) is 16.9 Å². The molecule has 1 amide bonds. The molecule has 0 unspecified atom stereocenters. The number of aromatic nitrogens is 1. The van der Waals surface area contributed by atoms with E-state index >= 15 is 0 Å². The number of aromatic hydroxyl groups is 1. The van der Waals surface area contributed by atoms with E-state index in [0.29, 0.717) is 36.0 Å². The van der Waals surface area contributed by atoms with Crippen molar-refractivity contribution in [2.75, 3.05) is 6.61 Å². The van der Waals surface area contributed by atoms with Crippen LogP contribution >= 0.6 is 0 Å². The molecule has 0 saturated heterocycles.